The van der Waals surface area contributed by atoms with Gasteiger partial charge in [-0.3, -0.25) is 14.5 Å². The maximum absolute atomic E-state index is 13.6. The molecule has 208 valence electrons. The monoisotopic (exact) mass is 543 g/mol. The molecule has 8 nitrogen and oxygen atoms in total. The van der Waals surface area contributed by atoms with Crippen LogP contribution in [0.1, 0.15) is 60.8 Å². The summed E-state index contributed by atoms with van der Waals surface area (Å²) in [4.78, 5) is 40.9. The fourth-order valence-electron chi connectivity index (χ4n) is 4.82. The number of ether oxygens (including phenoxy) is 3. The van der Waals surface area contributed by atoms with E-state index in [-0.39, 0.29) is 28.9 Å². The Balaban J connectivity index is 1.96. The summed E-state index contributed by atoms with van der Waals surface area (Å²) in [5.41, 5.74) is 1.88. The zero-order valence-corrected chi connectivity index (χ0v) is 23.5. The average Bonchev–Trinajstić information content (AvgIpc) is 3.22. The van der Waals surface area contributed by atoms with Crippen molar-refractivity contribution in [3.8, 4) is 11.5 Å². The summed E-state index contributed by atoms with van der Waals surface area (Å²) in [5, 5.41) is 11.6. The minimum absolute atomic E-state index is 0.0789. The van der Waals surface area contributed by atoms with Crippen molar-refractivity contribution in [2.24, 2.45) is 0 Å². The Kier molecular flexibility index (Phi) is 8.00. The highest BCUT2D eigenvalue weighted by molar-refractivity contribution is 6.51. The molecule has 1 atom stereocenters. The molecule has 8 heteroatoms. The topological polar surface area (TPSA) is 102 Å². The Morgan fingerprint density at radius 2 is 1.65 bits per heavy atom. The Labute approximate surface area is 233 Å². The molecule has 1 saturated heterocycles. The SMILES string of the molecule is CCOC(=O)c1cccc(N2C(=O)C(=O)/C(=C(\O)c3ccc(OC)c(C(C)(C)C)c3)C2c2cccc(OC)c2)c1. The van der Waals surface area contributed by atoms with Crippen molar-refractivity contribution in [2.45, 2.75) is 39.2 Å². The number of ketones is 1. The van der Waals surface area contributed by atoms with Gasteiger partial charge in [0.1, 0.15) is 17.3 Å². The molecule has 0 spiro atoms. The van der Waals surface area contributed by atoms with E-state index in [9.17, 15) is 19.5 Å². The van der Waals surface area contributed by atoms with Gasteiger partial charge in [-0.05, 0) is 66.4 Å². The number of benzene rings is 3. The zero-order valence-electron chi connectivity index (χ0n) is 23.5. The third-order valence-electron chi connectivity index (χ3n) is 6.77. The highest BCUT2D eigenvalue weighted by Crippen LogP contribution is 2.44. The minimum Gasteiger partial charge on any atom is -0.507 e. The number of Topliss-reactive ketones (excluding diaryl/α,β-unsaturated/α-hetero) is 1. The van der Waals surface area contributed by atoms with Gasteiger partial charge >= 0.3 is 5.97 Å². The molecule has 0 radical (unpaired) electrons. The largest absolute Gasteiger partial charge is 0.507 e. The second-order valence-electron chi connectivity index (χ2n) is 10.4. The lowest BCUT2D eigenvalue weighted by Gasteiger charge is -2.26. The number of anilines is 1. The van der Waals surface area contributed by atoms with Gasteiger partial charge < -0.3 is 19.3 Å². The predicted octanol–water partition coefficient (Wildman–Crippen LogP) is 5.80. The lowest BCUT2D eigenvalue weighted by molar-refractivity contribution is -0.132. The van der Waals surface area contributed by atoms with Crippen LogP contribution in [0.25, 0.3) is 5.76 Å². The highest BCUT2D eigenvalue weighted by Gasteiger charge is 2.47. The molecule has 3 aromatic carbocycles. The molecule has 1 aliphatic rings. The van der Waals surface area contributed by atoms with Crippen LogP contribution in [0, 0.1) is 0 Å². The molecule has 0 aliphatic carbocycles. The Hall–Kier alpha value is -4.59. The number of methoxy groups -OCH3 is 2. The number of nitrogens with zero attached hydrogens (tertiary/aromatic N) is 1. The number of aliphatic hydroxyl groups is 1. The number of aliphatic hydroxyl groups excluding tert-OH is 1. The van der Waals surface area contributed by atoms with Gasteiger partial charge in [-0.15, -0.1) is 0 Å². The first-order valence-electron chi connectivity index (χ1n) is 12.9. The average molecular weight is 544 g/mol. The van der Waals surface area contributed by atoms with Gasteiger partial charge in [0.25, 0.3) is 11.7 Å². The van der Waals surface area contributed by atoms with E-state index in [0.29, 0.717) is 28.3 Å². The summed E-state index contributed by atoms with van der Waals surface area (Å²) in [6.45, 7) is 7.93. The quantitative estimate of drug-likeness (QED) is 0.174. The van der Waals surface area contributed by atoms with Crippen LogP contribution >= 0.6 is 0 Å². The van der Waals surface area contributed by atoms with Gasteiger partial charge in [-0.1, -0.05) is 39.0 Å². The number of carbonyl (C=O) groups is 3. The van der Waals surface area contributed by atoms with Gasteiger partial charge in [0, 0.05) is 16.8 Å². The number of hydrogen-bond acceptors (Lipinski definition) is 7. The molecule has 0 aromatic heterocycles. The van der Waals surface area contributed by atoms with Crippen LogP contribution < -0.4 is 14.4 Å². The number of amides is 1. The summed E-state index contributed by atoms with van der Waals surface area (Å²) in [7, 11) is 3.09. The van der Waals surface area contributed by atoms with Crippen molar-refractivity contribution in [3.63, 3.8) is 0 Å². The van der Waals surface area contributed by atoms with Crippen molar-refractivity contribution in [2.75, 3.05) is 25.7 Å². The summed E-state index contributed by atoms with van der Waals surface area (Å²) in [5.74, 6) is -1.39. The summed E-state index contributed by atoms with van der Waals surface area (Å²) in [6.07, 6.45) is 0. The van der Waals surface area contributed by atoms with Gasteiger partial charge in [0.15, 0.2) is 0 Å². The standard InChI is InChI=1S/C32H33NO7/c1-7-40-31(37)21-11-8-12-22(16-21)33-27(19-10-9-13-23(17-19)38-5)26(29(35)30(33)36)28(34)20-14-15-25(39-6)24(18-20)32(2,3)4/h8-18,27,34H,7H2,1-6H3/b28-26-. The second kappa shape index (κ2) is 11.3. The first-order chi connectivity index (χ1) is 19.0. The van der Waals surface area contributed by atoms with Gasteiger partial charge in [-0.2, -0.15) is 0 Å². The van der Waals surface area contributed by atoms with E-state index >= 15 is 0 Å². The van der Waals surface area contributed by atoms with Crippen molar-refractivity contribution in [3.05, 3.63) is 94.6 Å². The van der Waals surface area contributed by atoms with E-state index in [4.69, 9.17) is 14.2 Å². The highest BCUT2D eigenvalue weighted by atomic mass is 16.5. The maximum atomic E-state index is 13.6. The van der Waals surface area contributed by atoms with Gasteiger partial charge in [0.2, 0.25) is 0 Å². The molecule has 0 bridgehead atoms. The van der Waals surface area contributed by atoms with Crippen LogP contribution in [0.15, 0.2) is 72.3 Å². The van der Waals surface area contributed by atoms with E-state index in [1.54, 1.807) is 74.7 Å². The first-order valence-corrected chi connectivity index (χ1v) is 12.9. The van der Waals surface area contributed by atoms with Crippen LogP contribution in [0.5, 0.6) is 11.5 Å². The molecule has 4 rings (SSSR count). The van der Waals surface area contributed by atoms with Crippen LogP contribution in [-0.2, 0) is 19.7 Å². The predicted molar refractivity (Wildman–Crippen MR) is 152 cm³/mol. The Morgan fingerprint density at radius 1 is 0.925 bits per heavy atom. The third kappa shape index (κ3) is 5.30. The van der Waals surface area contributed by atoms with E-state index < -0.39 is 23.7 Å². The smallest absolute Gasteiger partial charge is 0.338 e. The van der Waals surface area contributed by atoms with Crippen molar-refractivity contribution in [1.82, 2.24) is 0 Å². The van der Waals surface area contributed by atoms with Crippen LogP contribution in [0.3, 0.4) is 0 Å². The molecule has 1 heterocycles. The molecule has 40 heavy (non-hydrogen) atoms. The molecular formula is C32H33NO7. The maximum Gasteiger partial charge on any atom is 0.338 e. The first kappa shape index (κ1) is 28.4. The van der Waals surface area contributed by atoms with E-state index in [1.807, 2.05) is 20.8 Å². The molecule has 1 N–H and O–H groups in total. The lowest BCUT2D eigenvalue weighted by atomic mass is 9.84. The molecule has 1 unspecified atom stereocenters. The van der Waals surface area contributed by atoms with Crippen LogP contribution in [0.4, 0.5) is 5.69 Å². The van der Waals surface area contributed by atoms with Gasteiger partial charge in [-0.25, -0.2) is 4.79 Å². The lowest BCUT2D eigenvalue weighted by Crippen LogP contribution is -2.29. The minimum atomic E-state index is -0.993. The number of rotatable bonds is 7. The summed E-state index contributed by atoms with van der Waals surface area (Å²) < 4.78 is 16.1. The Bertz CT molecular complexity index is 1500. The van der Waals surface area contributed by atoms with Crippen LogP contribution in [-0.4, -0.2) is 43.6 Å². The normalized spacial score (nSPS) is 16.6. The third-order valence-corrected chi connectivity index (χ3v) is 6.77. The van der Waals surface area contributed by atoms with Crippen molar-refractivity contribution >= 4 is 29.1 Å². The fourth-order valence-corrected chi connectivity index (χ4v) is 4.82. The van der Waals surface area contributed by atoms with E-state index in [2.05, 4.69) is 0 Å². The van der Waals surface area contributed by atoms with E-state index in [0.717, 1.165) is 5.56 Å². The molecule has 0 saturated carbocycles. The van der Waals surface area contributed by atoms with Crippen molar-refractivity contribution in [1.29, 1.82) is 0 Å². The molecule has 1 fully saturated rings. The van der Waals surface area contributed by atoms with Gasteiger partial charge in [0.05, 0.1) is 38.0 Å². The zero-order chi connectivity index (χ0) is 29.2. The molecular weight excluding hydrogens is 510 g/mol. The fraction of sp³-hybridized carbons (Fsp3) is 0.281. The van der Waals surface area contributed by atoms with E-state index in [1.165, 1.54) is 18.1 Å². The Morgan fingerprint density at radius 3 is 2.30 bits per heavy atom. The van der Waals surface area contributed by atoms with Crippen molar-refractivity contribution < 1.29 is 33.7 Å². The van der Waals surface area contributed by atoms with Crippen LogP contribution in [0.2, 0.25) is 0 Å². The molecule has 3 aromatic rings. The number of carbonyl (C=O) groups excluding carboxylic acids is 3. The number of hydrogen-bond donors (Lipinski definition) is 1. The molecule has 1 aliphatic heterocycles. The summed E-state index contributed by atoms with van der Waals surface area (Å²) >= 11 is 0. The summed E-state index contributed by atoms with van der Waals surface area (Å²) in [6, 6.07) is 17.4. The molecule has 1 amide bonds. The number of esters is 1. The second-order valence-corrected chi connectivity index (χ2v) is 10.4.